The lowest BCUT2D eigenvalue weighted by molar-refractivity contribution is -0.142. The number of piperazine rings is 1. The zero-order valence-electron chi connectivity index (χ0n) is 21.4. The third-order valence-electron chi connectivity index (χ3n) is 7.64. The average molecular weight is 507 g/mol. The summed E-state index contributed by atoms with van der Waals surface area (Å²) in [6.07, 6.45) is 8.23. The van der Waals surface area contributed by atoms with Crippen molar-refractivity contribution in [3.8, 4) is 0 Å². The molecule has 2 aromatic heterocycles. The standard InChI is InChI=1S/C26H34N8O3/c1-26(14-22(36)32(2)17-35)13-18-15-29-25(31-23(18)34(24(26)37)19-5-3-4-6-19)30-21-8-7-20(16-28-21)33-11-9-27-10-12-33/h7-8,15-17,19,27H,3-6,9-14H2,1-2H3,(H,28,29,30,31). The third kappa shape index (κ3) is 5.13. The van der Waals surface area contributed by atoms with Crippen molar-refractivity contribution in [3.63, 3.8) is 0 Å². The van der Waals surface area contributed by atoms with Crippen LogP contribution in [0.2, 0.25) is 0 Å². The molecule has 0 aromatic carbocycles. The van der Waals surface area contributed by atoms with E-state index in [0.717, 1.165) is 68.0 Å². The molecular weight excluding hydrogens is 472 g/mol. The Kier molecular flexibility index (Phi) is 7.05. The van der Waals surface area contributed by atoms with Crippen LogP contribution in [0.3, 0.4) is 0 Å². The summed E-state index contributed by atoms with van der Waals surface area (Å²) in [6.45, 7) is 5.61. The number of hydrogen-bond donors (Lipinski definition) is 2. The quantitative estimate of drug-likeness (QED) is 0.542. The molecule has 1 saturated carbocycles. The summed E-state index contributed by atoms with van der Waals surface area (Å²) in [7, 11) is 1.42. The van der Waals surface area contributed by atoms with Crippen LogP contribution in [-0.4, -0.2) is 77.3 Å². The minimum atomic E-state index is -0.969. The van der Waals surface area contributed by atoms with E-state index in [0.29, 0.717) is 30.4 Å². The van der Waals surface area contributed by atoms with Crippen LogP contribution in [0.1, 0.15) is 44.6 Å². The zero-order valence-corrected chi connectivity index (χ0v) is 21.4. The van der Waals surface area contributed by atoms with Crippen molar-refractivity contribution < 1.29 is 14.4 Å². The Bertz CT molecular complexity index is 1160. The molecule has 0 bridgehead atoms. The molecule has 196 valence electrons. The molecule has 37 heavy (non-hydrogen) atoms. The Morgan fingerprint density at radius 2 is 1.97 bits per heavy atom. The predicted molar refractivity (Wildman–Crippen MR) is 140 cm³/mol. The number of imide groups is 1. The number of amides is 3. The molecule has 1 atom stereocenters. The second-order valence-electron chi connectivity index (χ2n) is 10.4. The number of pyridine rings is 1. The normalized spacial score (nSPS) is 22.1. The molecule has 2 N–H and O–H groups in total. The number of nitrogens with zero attached hydrogens (tertiary/aromatic N) is 6. The number of carbonyl (C=O) groups is 3. The SMILES string of the molecule is CN(C=O)C(=O)CC1(C)Cc2cnc(Nc3ccc(N4CCNCC4)cn3)nc2N(C2CCCC2)C1=O. The minimum Gasteiger partial charge on any atom is -0.368 e. The Labute approximate surface area is 216 Å². The van der Waals surface area contributed by atoms with Gasteiger partial charge >= 0.3 is 0 Å². The molecule has 4 heterocycles. The lowest BCUT2D eigenvalue weighted by atomic mass is 9.76. The van der Waals surface area contributed by atoms with Gasteiger partial charge in [0, 0.05) is 57.4 Å². The van der Waals surface area contributed by atoms with E-state index in [4.69, 9.17) is 4.98 Å². The fourth-order valence-electron chi connectivity index (χ4n) is 5.52. The van der Waals surface area contributed by atoms with Crippen LogP contribution in [0.15, 0.2) is 24.5 Å². The lowest BCUT2D eigenvalue weighted by Gasteiger charge is -2.42. The zero-order chi connectivity index (χ0) is 26.0. The third-order valence-corrected chi connectivity index (χ3v) is 7.64. The Morgan fingerprint density at radius 1 is 1.22 bits per heavy atom. The first-order chi connectivity index (χ1) is 17.9. The van der Waals surface area contributed by atoms with E-state index in [1.807, 2.05) is 18.3 Å². The molecule has 2 aromatic rings. The summed E-state index contributed by atoms with van der Waals surface area (Å²) in [5.74, 6) is 1.09. The maximum absolute atomic E-state index is 13.9. The highest BCUT2D eigenvalue weighted by Gasteiger charge is 2.47. The van der Waals surface area contributed by atoms with Gasteiger partial charge in [0.2, 0.25) is 24.2 Å². The monoisotopic (exact) mass is 506 g/mol. The maximum atomic E-state index is 13.9. The molecule has 1 saturated heterocycles. The first-order valence-electron chi connectivity index (χ1n) is 13.0. The van der Waals surface area contributed by atoms with Gasteiger partial charge < -0.3 is 15.5 Å². The highest BCUT2D eigenvalue weighted by molar-refractivity contribution is 6.03. The van der Waals surface area contributed by atoms with Gasteiger partial charge in [-0.1, -0.05) is 12.8 Å². The van der Waals surface area contributed by atoms with Crippen LogP contribution in [0.25, 0.3) is 0 Å². The largest absolute Gasteiger partial charge is 0.368 e. The first kappa shape index (κ1) is 25.1. The number of fused-ring (bicyclic) bond motifs is 1. The molecule has 2 aliphatic heterocycles. The summed E-state index contributed by atoms with van der Waals surface area (Å²) in [5.41, 5.74) is 0.928. The second kappa shape index (κ2) is 10.4. The fourth-order valence-corrected chi connectivity index (χ4v) is 5.52. The summed E-state index contributed by atoms with van der Waals surface area (Å²) in [4.78, 5) is 56.5. The molecule has 3 amide bonds. The van der Waals surface area contributed by atoms with E-state index < -0.39 is 5.41 Å². The van der Waals surface area contributed by atoms with E-state index >= 15 is 0 Å². The average Bonchev–Trinajstić information content (AvgIpc) is 3.44. The number of nitrogens with one attached hydrogen (secondary N) is 2. The number of hydrogen-bond acceptors (Lipinski definition) is 9. The van der Waals surface area contributed by atoms with Crippen molar-refractivity contribution in [1.29, 1.82) is 0 Å². The fraction of sp³-hybridized carbons (Fsp3) is 0.538. The van der Waals surface area contributed by atoms with Gasteiger partial charge in [-0.3, -0.25) is 24.2 Å². The van der Waals surface area contributed by atoms with Gasteiger partial charge in [0.1, 0.15) is 11.6 Å². The Morgan fingerprint density at radius 3 is 2.65 bits per heavy atom. The second-order valence-corrected chi connectivity index (χ2v) is 10.4. The first-order valence-corrected chi connectivity index (χ1v) is 13.0. The van der Waals surface area contributed by atoms with Crippen molar-refractivity contribution in [1.82, 2.24) is 25.2 Å². The number of anilines is 4. The molecule has 3 aliphatic rings. The lowest BCUT2D eigenvalue weighted by Crippen LogP contribution is -2.53. The van der Waals surface area contributed by atoms with Gasteiger partial charge in [-0.25, -0.2) is 9.97 Å². The smallest absolute Gasteiger partial charge is 0.235 e. The van der Waals surface area contributed by atoms with E-state index in [2.05, 4.69) is 25.5 Å². The predicted octanol–water partition coefficient (Wildman–Crippen LogP) is 1.87. The van der Waals surface area contributed by atoms with E-state index in [9.17, 15) is 14.4 Å². The van der Waals surface area contributed by atoms with Crippen molar-refractivity contribution in [2.75, 3.05) is 48.3 Å². The van der Waals surface area contributed by atoms with Gasteiger partial charge in [0.15, 0.2) is 0 Å². The Hall–Kier alpha value is -3.60. The van der Waals surface area contributed by atoms with Crippen LogP contribution >= 0.6 is 0 Å². The number of rotatable bonds is 7. The van der Waals surface area contributed by atoms with Gasteiger partial charge in [-0.2, -0.15) is 4.98 Å². The number of aromatic nitrogens is 3. The Balaban J connectivity index is 1.40. The van der Waals surface area contributed by atoms with Crippen LogP contribution < -0.4 is 20.4 Å². The van der Waals surface area contributed by atoms with Gasteiger partial charge in [0.25, 0.3) is 0 Å². The molecule has 11 nitrogen and oxygen atoms in total. The van der Waals surface area contributed by atoms with Crippen LogP contribution in [0.5, 0.6) is 0 Å². The van der Waals surface area contributed by atoms with E-state index in [1.165, 1.54) is 7.05 Å². The van der Waals surface area contributed by atoms with Crippen molar-refractivity contribution >= 4 is 41.5 Å². The molecule has 2 fully saturated rings. The van der Waals surface area contributed by atoms with Crippen molar-refractivity contribution in [2.45, 2.75) is 51.5 Å². The van der Waals surface area contributed by atoms with Crippen LogP contribution in [0, 0.1) is 5.41 Å². The van der Waals surface area contributed by atoms with Crippen molar-refractivity contribution in [3.05, 3.63) is 30.1 Å². The molecule has 0 radical (unpaired) electrons. The molecule has 11 heteroatoms. The molecule has 1 aliphatic carbocycles. The van der Waals surface area contributed by atoms with Gasteiger partial charge in [-0.15, -0.1) is 0 Å². The van der Waals surface area contributed by atoms with E-state index in [1.54, 1.807) is 18.0 Å². The van der Waals surface area contributed by atoms with Gasteiger partial charge in [-0.05, 0) is 38.3 Å². The molecule has 1 unspecified atom stereocenters. The molecule has 0 spiro atoms. The van der Waals surface area contributed by atoms with Crippen LogP contribution in [0.4, 0.5) is 23.3 Å². The molecular formula is C26H34N8O3. The maximum Gasteiger partial charge on any atom is 0.235 e. The summed E-state index contributed by atoms with van der Waals surface area (Å²) >= 11 is 0. The van der Waals surface area contributed by atoms with Crippen LogP contribution in [-0.2, 0) is 20.8 Å². The topological polar surface area (TPSA) is 124 Å². The highest BCUT2D eigenvalue weighted by atomic mass is 16.2. The summed E-state index contributed by atoms with van der Waals surface area (Å²) in [5, 5.41) is 6.53. The number of carbonyl (C=O) groups excluding carboxylic acids is 3. The van der Waals surface area contributed by atoms with Crippen molar-refractivity contribution in [2.24, 2.45) is 5.41 Å². The molecule has 5 rings (SSSR count). The highest BCUT2D eigenvalue weighted by Crippen LogP contribution is 2.42. The summed E-state index contributed by atoms with van der Waals surface area (Å²) in [6, 6.07) is 3.97. The van der Waals surface area contributed by atoms with E-state index in [-0.39, 0.29) is 24.3 Å². The summed E-state index contributed by atoms with van der Waals surface area (Å²) < 4.78 is 0. The minimum absolute atomic E-state index is 0.0315. The van der Waals surface area contributed by atoms with Gasteiger partial charge in [0.05, 0.1) is 17.3 Å².